The molecule has 3 aromatic carbocycles. The predicted octanol–water partition coefficient (Wildman–Crippen LogP) is 11.1. The Balaban J connectivity index is 1.34. The number of hydrogen-bond donors (Lipinski definition) is 1. The maximum Gasteiger partial charge on any atom is 0.127 e. The molecular formula is C50H61FN2. The summed E-state index contributed by atoms with van der Waals surface area (Å²) in [5.41, 5.74) is 19.0. The van der Waals surface area contributed by atoms with Crippen molar-refractivity contribution in [3.8, 4) is 11.1 Å². The van der Waals surface area contributed by atoms with Gasteiger partial charge in [-0.25, -0.2) is 4.39 Å². The Morgan fingerprint density at radius 2 is 1.77 bits per heavy atom. The molecule has 1 spiro atoms. The molecule has 7 rings (SSSR count). The van der Waals surface area contributed by atoms with Crippen LogP contribution in [-0.2, 0) is 6.42 Å². The molecule has 3 atom stereocenters. The molecule has 3 unspecified atom stereocenters. The highest BCUT2D eigenvalue weighted by Crippen LogP contribution is 2.57. The minimum absolute atomic E-state index is 0.150. The highest BCUT2D eigenvalue weighted by atomic mass is 19.1. The van der Waals surface area contributed by atoms with Crippen LogP contribution in [0.1, 0.15) is 129 Å². The van der Waals surface area contributed by atoms with Gasteiger partial charge in [-0.15, -0.1) is 0 Å². The standard InChI is InChI=1S/C50H61FN2/c1-9-41-43(31(3)4)27-46(51)35(8)48(41)49-42(14-11-13-36-15-17-37(18-16-36)33(6)39-21-24-50(28-39)22-12-23-50)34(7)44(26-45(49)38-19-20-38)47(10-2)53-30-32(5)25-40(53)29-52/h9-11,14-18,26-27,31-32,38-40H,1-2,6-7,12-13,19-25,28-30,52H2,3-5,8H3/b14-11?,47-44+. The van der Waals surface area contributed by atoms with E-state index in [2.05, 4.69) is 87.9 Å². The summed E-state index contributed by atoms with van der Waals surface area (Å²) in [4.78, 5) is 2.46. The quantitative estimate of drug-likeness (QED) is 0.203. The third-order valence-electron chi connectivity index (χ3n) is 13.4. The number of halogens is 1. The molecule has 1 saturated heterocycles. The van der Waals surface area contributed by atoms with E-state index >= 15 is 4.39 Å². The van der Waals surface area contributed by atoms with Crippen molar-refractivity contribution in [1.82, 2.24) is 4.90 Å². The van der Waals surface area contributed by atoms with Gasteiger partial charge in [-0.3, -0.25) is 0 Å². The van der Waals surface area contributed by atoms with Gasteiger partial charge in [0.2, 0.25) is 0 Å². The van der Waals surface area contributed by atoms with Gasteiger partial charge in [-0.05, 0) is 173 Å². The van der Waals surface area contributed by atoms with Gasteiger partial charge in [-0.1, -0.05) is 96.0 Å². The van der Waals surface area contributed by atoms with Gasteiger partial charge in [0, 0.05) is 30.0 Å². The SMILES string of the molecule is C=C/C(=c1/cc(C2CC2)c(-c2c(C)c(F)cc(C(C)C)c2C=C)c(C=CCc2ccc(C(=C)C3CCC4(CCC4)C3)cc2)c1=C)N1CC(C)CC1CN. The number of nitrogens with zero attached hydrogens (tertiary/aromatic N) is 1. The van der Waals surface area contributed by atoms with E-state index in [4.69, 9.17) is 12.3 Å². The molecule has 0 radical (unpaired) electrons. The minimum Gasteiger partial charge on any atom is -0.367 e. The fourth-order valence-electron chi connectivity index (χ4n) is 10.1. The molecule has 3 aromatic rings. The summed E-state index contributed by atoms with van der Waals surface area (Å²) in [7, 11) is 0. The third kappa shape index (κ3) is 7.07. The molecule has 278 valence electrons. The second-order valence-electron chi connectivity index (χ2n) is 17.4. The van der Waals surface area contributed by atoms with Gasteiger partial charge < -0.3 is 10.6 Å². The van der Waals surface area contributed by atoms with Crippen LogP contribution >= 0.6 is 0 Å². The van der Waals surface area contributed by atoms with E-state index in [-0.39, 0.29) is 17.8 Å². The van der Waals surface area contributed by atoms with Crippen LogP contribution in [0.5, 0.6) is 0 Å². The summed E-state index contributed by atoms with van der Waals surface area (Å²) < 4.78 is 16.0. The lowest BCUT2D eigenvalue weighted by Gasteiger charge is -2.38. The Hall–Kier alpha value is -3.95. The van der Waals surface area contributed by atoms with Crippen molar-refractivity contribution < 1.29 is 4.39 Å². The summed E-state index contributed by atoms with van der Waals surface area (Å²) in [5.74, 6) is 1.56. The summed E-state index contributed by atoms with van der Waals surface area (Å²) >= 11 is 0. The van der Waals surface area contributed by atoms with Crippen LogP contribution in [-0.4, -0.2) is 24.0 Å². The van der Waals surface area contributed by atoms with Crippen LogP contribution in [0.2, 0.25) is 0 Å². The molecule has 3 aliphatic carbocycles. The first-order chi connectivity index (χ1) is 25.5. The summed E-state index contributed by atoms with van der Waals surface area (Å²) in [6.45, 7) is 28.0. The summed E-state index contributed by atoms with van der Waals surface area (Å²) in [6, 6.07) is 13.4. The zero-order valence-electron chi connectivity index (χ0n) is 32.9. The van der Waals surface area contributed by atoms with E-state index in [9.17, 15) is 0 Å². The molecule has 53 heavy (non-hydrogen) atoms. The average molecular weight is 709 g/mol. The van der Waals surface area contributed by atoms with Gasteiger partial charge in [0.15, 0.2) is 0 Å². The Labute approximate surface area is 318 Å². The van der Waals surface area contributed by atoms with Crippen LogP contribution in [0.3, 0.4) is 0 Å². The second kappa shape index (κ2) is 15.1. The van der Waals surface area contributed by atoms with E-state index in [1.54, 1.807) is 6.07 Å². The molecule has 1 aliphatic heterocycles. The minimum atomic E-state index is -0.169. The molecule has 2 nitrogen and oxygen atoms in total. The van der Waals surface area contributed by atoms with Crippen molar-refractivity contribution >= 4 is 30.0 Å². The van der Waals surface area contributed by atoms with Gasteiger partial charge >= 0.3 is 0 Å². The lowest BCUT2D eigenvalue weighted by atomic mass is 9.67. The van der Waals surface area contributed by atoms with E-state index in [1.807, 2.05) is 19.1 Å². The predicted molar refractivity (Wildman–Crippen MR) is 226 cm³/mol. The first-order valence-corrected chi connectivity index (χ1v) is 20.4. The van der Waals surface area contributed by atoms with Gasteiger partial charge in [0.1, 0.15) is 5.82 Å². The molecule has 1 heterocycles. The topological polar surface area (TPSA) is 29.3 Å². The van der Waals surface area contributed by atoms with Crippen molar-refractivity contribution in [3.63, 3.8) is 0 Å². The Kier molecular flexibility index (Phi) is 10.6. The largest absolute Gasteiger partial charge is 0.367 e. The lowest BCUT2D eigenvalue weighted by Crippen LogP contribution is -2.40. The molecule has 2 N–H and O–H groups in total. The molecule has 3 saturated carbocycles. The Bertz CT molecular complexity index is 2060. The molecule has 4 fully saturated rings. The lowest BCUT2D eigenvalue weighted by molar-refractivity contribution is 0.140. The first-order valence-electron chi connectivity index (χ1n) is 20.4. The maximum atomic E-state index is 16.0. The van der Waals surface area contributed by atoms with Gasteiger partial charge in [0.05, 0.1) is 0 Å². The number of nitrogens with two attached hydrogens (primary N) is 1. The van der Waals surface area contributed by atoms with E-state index in [0.717, 1.165) is 76.2 Å². The zero-order chi connectivity index (χ0) is 37.6. The Morgan fingerprint density at radius 1 is 1.04 bits per heavy atom. The monoisotopic (exact) mass is 708 g/mol. The second-order valence-corrected chi connectivity index (χ2v) is 17.4. The first kappa shape index (κ1) is 37.4. The molecule has 3 heteroatoms. The number of hydrogen-bond acceptors (Lipinski definition) is 2. The number of allylic oxidation sites excluding steroid dienone is 2. The third-order valence-corrected chi connectivity index (χ3v) is 13.4. The smallest absolute Gasteiger partial charge is 0.127 e. The summed E-state index contributed by atoms with van der Waals surface area (Å²) in [5, 5.41) is 2.05. The van der Waals surface area contributed by atoms with Gasteiger partial charge in [-0.2, -0.15) is 0 Å². The molecular weight excluding hydrogens is 648 g/mol. The fraction of sp³-hybridized carbons (Fsp3) is 0.440. The number of benzene rings is 3. The fourth-order valence-corrected chi connectivity index (χ4v) is 10.1. The highest BCUT2D eigenvalue weighted by Gasteiger charge is 2.44. The molecule has 0 bridgehead atoms. The molecule has 0 amide bonds. The normalized spacial score (nSPS) is 22.8. The van der Waals surface area contributed by atoms with Crippen LogP contribution in [0, 0.1) is 30.0 Å². The van der Waals surface area contributed by atoms with Crippen molar-refractivity contribution in [2.45, 2.75) is 110 Å². The maximum absolute atomic E-state index is 16.0. The Morgan fingerprint density at radius 3 is 2.36 bits per heavy atom. The van der Waals surface area contributed by atoms with Crippen LogP contribution < -0.4 is 16.2 Å². The number of rotatable bonds is 12. The van der Waals surface area contributed by atoms with Crippen LogP contribution in [0.15, 0.2) is 68.3 Å². The summed E-state index contributed by atoms with van der Waals surface area (Å²) in [6.07, 6.45) is 20.8. The zero-order valence-corrected chi connectivity index (χ0v) is 32.9. The number of likely N-dealkylation sites (tertiary alicyclic amines) is 1. The van der Waals surface area contributed by atoms with Crippen molar-refractivity contribution in [2.24, 2.45) is 23.0 Å². The van der Waals surface area contributed by atoms with Crippen LogP contribution in [0.4, 0.5) is 4.39 Å². The van der Waals surface area contributed by atoms with Crippen molar-refractivity contribution in [2.75, 3.05) is 13.1 Å². The highest BCUT2D eigenvalue weighted by molar-refractivity contribution is 5.88. The molecule has 4 aliphatic rings. The van der Waals surface area contributed by atoms with Gasteiger partial charge in [0.25, 0.3) is 0 Å². The molecule has 0 aromatic heterocycles. The van der Waals surface area contributed by atoms with E-state index in [0.29, 0.717) is 35.3 Å². The van der Waals surface area contributed by atoms with E-state index < -0.39 is 0 Å². The van der Waals surface area contributed by atoms with Crippen molar-refractivity contribution in [1.29, 1.82) is 0 Å². The van der Waals surface area contributed by atoms with E-state index in [1.165, 1.54) is 60.8 Å². The average Bonchev–Trinajstić information content (AvgIpc) is 3.76. The van der Waals surface area contributed by atoms with Crippen molar-refractivity contribution in [3.05, 3.63) is 123 Å². The van der Waals surface area contributed by atoms with Crippen LogP contribution in [0.25, 0.3) is 41.1 Å².